The highest BCUT2D eigenvalue weighted by molar-refractivity contribution is 6.31. The predicted molar refractivity (Wildman–Crippen MR) is 106 cm³/mol. The van der Waals surface area contributed by atoms with E-state index < -0.39 is 0 Å². The van der Waals surface area contributed by atoms with E-state index in [4.69, 9.17) is 16.6 Å². The van der Waals surface area contributed by atoms with E-state index in [-0.39, 0.29) is 0 Å². The smallest absolute Gasteiger partial charge is 0.182 e. The highest BCUT2D eigenvalue weighted by atomic mass is 35.5. The SMILES string of the molecule is Clc1ccc2ccn3nc(-c4ccc(-c5ccccc5)cc4)nc3c2c1. The maximum atomic E-state index is 6.16. The zero-order chi connectivity index (χ0) is 17.5. The Morgan fingerprint density at radius 1 is 0.731 bits per heavy atom. The van der Waals surface area contributed by atoms with Gasteiger partial charge in [-0.1, -0.05) is 72.3 Å². The van der Waals surface area contributed by atoms with Gasteiger partial charge in [-0.2, -0.15) is 0 Å². The van der Waals surface area contributed by atoms with Crippen molar-refractivity contribution in [2.24, 2.45) is 0 Å². The molecule has 0 saturated heterocycles. The number of aromatic nitrogens is 3. The highest BCUT2D eigenvalue weighted by Crippen LogP contribution is 2.26. The maximum Gasteiger partial charge on any atom is 0.182 e. The second-order valence-electron chi connectivity index (χ2n) is 6.19. The van der Waals surface area contributed by atoms with E-state index in [0.29, 0.717) is 10.8 Å². The lowest BCUT2D eigenvalue weighted by atomic mass is 10.0. The van der Waals surface area contributed by atoms with Crippen LogP contribution in [0.2, 0.25) is 5.02 Å². The van der Waals surface area contributed by atoms with Gasteiger partial charge in [-0.15, -0.1) is 5.10 Å². The number of hydrogen-bond donors (Lipinski definition) is 0. The molecule has 0 aliphatic carbocycles. The number of hydrogen-bond acceptors (Lipinski definition) is 2. The lowest BCUT2D eigenvalue weighted by Gasteiger charge is -2.02. The minimum Gasteiger partial charge on any atom is -0.220 e. The minimum atomic E-state index is 0.697. The summed E-state index contributed by atoms with van der Waals surface area (Å²) >= 11 is 6.16. The Morgan fingerprint density at radius 3 is 2.27 bits per heavy atom. The van der Waals surface area contributed by atoms with Crippen LogP contribution in [0.5, 0.6) is 0 Å². The van der Waals surface area contributed by atoms with Gasteiger partial charge in [0.2, 0.25) is 0 Å². The lowest BCUT2D eigenvalue weighted by Crippen LogP contribution is -1.87. The zero-order valence-corrected chi connectivity index (χ0v) is 14.6. The van der Waals surface area contributed by atoms with Crippen molar-refractivity contribution in [2.45, 2.75) is 0 Å². The summed E-state index contributed by atoms with van der Waals surface area (Å²) in [6.07, 6.45) is 1.93. The molecule has 124 valence electrons. The molecule has 0 atom stereocenters. The second kappa shape index (κ2) is 5.97. The third-order valence-corrected chi connectivity index (χ3v) is 4.77. The number of rotatable bonds is 2. The fraction of sp³-hybridized carbons (Fsp3) is 0. The van der Waals surface area contributed by atoms with Gasteiger partial charge in [-0.25, -0.2) is 9.50 Å². The Bertz CT molecular complexity index is 1230. The van der Waals surface area contributed by atoms with Crippen LogP contribution in [0.3, 0.4) is 0 Å². The van der Waals surface area contributed by atoms with E-state index >= 15 is 0 Å². The first-order chi connectivity index (χ1) is 12.8. The van der Waals surface area contributed by atoms with Crippen LogP contribution in [0.4, 0.5) is 0 Å². The first-order valence-corrected chi connectivity index (χ1v) is 8.76. The van der Waals surface area contributed by atoms with E-state index in [0.717, 1.165) is 22.0 Å². The summed E-state index contributed by atoms with van der Waals surface area (Å²) < 4.78 is 1.80. The largest absolute Gasteiger partial charge is 0.220 e. The molecule has 2 heterocycles. The number of pyridine rings is 1. The van der Waals surface area contributed by atoms with E-state index in [2.05, 4.69) is 41.5 Å². The van der Waals surface area contributed by atoms with Crippen molar-refractivity contribution >= 4 is 28.0 Å². The molecule has 0 bridgehead atoms. The summed E-state index contributed by atoms with van der Waals surface area (Å²) in [6.45, 7) is 0. The second-order valence-corrected chi connectivity index (χ2v) is 6.63. The Hall–Kier alpha value is -3.17. The van der Waals surface area contributed by atoms with Gasteiger partial charge in [0.25, 0.3) is 0 Å². The van der Waals surface area contributed by atoms with Crippen molar-refractivity contribution < 1.29 is 0 Å². The average Bonchev–Trinajstić information content (AvgIpc) is 3.14. The number of halogens is 1. The van der Waals surface area contributed by atoms with Gasteiger partial charge in [-0.05, 0) is 34.7 Å². The lowest BCUT2D eigenvalue weighted by molar-refractivity contribution is 0.971. The van der Waals surface area contributed by atoms with Gasteiger partial charge in [0.1, 0.15) is 0 Å². The molecule has 3 nitrogen and oxygen atoms in total. The molecule has 0 spiro atoms. The standard InChI is InChI=1S/C22H14ClN3/c23-19-11-10-17-12-13-26-22(20(17)14-19)24-21(25-26)18-8-6-16(7-9-18)15-4-2-1-3-5-15/h1-14H. The van der Waals surface area contributed by atoms with Crippen molar-refractivity contribution in [3.05, 3.63) is 90.1 Å². The van der Waals surface area contributed by atoms with Gasteiger partial charge >= 0.3 is 0 Å². The van der Waals surface area contributed by atoms with Crippen molar-refractivity contribution in [2.75, 3.05) is 0 Å². The van der Waals surface area contributed by atoms with Crippen molar-refractivity contribution in [1.82, 2.24) is 14.6 Å². The molecule has 0 saturated carbocycles. The van der Waals surface area contributed by atoms with E-state index in [1.54, 1.807) is 4.52 Å². The molecular weight excluding hydrogens is 342 g/mol. The van der Waals surface area contributed by atoms with Gasteiger partial charge < -0.3 is 0 Å². The molecule has 0 aliphatic rings. The zero-order valence-electron chi connectivity index (χ0n) is 13.8. The maximum absolute atomic E-state index is 6.16. The Morgan fingerprint density at radius 2 is 1.46 bits per heavy atom. The van der Waals surface area contributed by atoms with Crippen LogP contribution in [0.15, 0.2) is 85.1 Å². The van der Waals surface area contributed by atoms with Crippen LogP contribution >= 0.6 is 11.6 Å². The van der Waals surface area contributed by atoms with Gasteiger partial charge in [-0.3, -0.25) is 0 Å². The van der Waals surface area contributed by atoms with Crippen LogP contribution in [0.25, 0.3) is 38.9 Å². The molecule has 5 rings (SSSR count). The Labute approximate surface area is 155 Å². The minimum absolute atomic E-state index is 0.697. The third-order valence-electron chi connectivity index (χ3n) is 4.53. The molecule has 0 fully saturated rings. The molecule has 0 amide bonds. The van der Waals surface area contributed by atoms with Crippen LogP contribution in [-0.2, 0) is 0 Å². The third kappa shape index (κ3) is 2.54. The Balaban J connectivity index is 1.61. The Kier molecular flexibility index (Phi) is 3.47. The number of nitrogens with zero attached hydrogens (tertiary/aromatic N) is 3. The average molecular weight is 356 g/mol. The normalized spacial score (nSPS) is 11.3. The molecule has 4 heteroatoms. The summed E-state index contributed by atoms with van der Waals surface area (Å²) in [6, 6.07) is 26.5. The molecule has 3 aromatic carbocycles. The molecule has 0 radical (unpaired) electrons. The number of fused-ring (bicyclic) bond motifs is 3. The van der Waals surface area contributed by atoms with Crippen molar-refractivity contribution in [3.63, 3.8) is 0 Å². The molecule has 2 aromatic heterocycles. The summed E-state index contributed by atoms with van der Waals surface area (Å²) in [7, 11) is 0. The summed E-state index contributed by atoms with van der Waals surface area (Å²) in [4.78, 5) is 4.75. The van der Waals surface area contributed by atoms with Crippen molar-refractivity contribution in [3.8, 4) is 22.5 Å². The molecule has 5 aromatic rings. The fourth-order valence-corrected chi connectivity index (χ4v) is 3.37. The molecule has 0 aliphatic heterocycles. The van der Waals surface area contributed by atoms with E-state index in [9.17, 15) is 0 Å². The van der Waals surface area contributed by atoms with E-state index in [1.165, 1.54) is 11.1 Å². The predicted octanol–water partition coefficient (Wildman–Crippen LogP) is 5.87. The van der Waals surface area contributed by atoms with Gasteiger partial charge in [0, 0.05) is 22.2 Å². The number of benzene rings is 3. The molecule has 0 N–H and O–H groups in total. The topological polar surface area (TPSA) is 30.2 Å². The van der Waals surface area contributed by atoms with Crippen LogP contribution in [0.1, 0.15) is 0 Å². The van der Waals surface area contributed by atoms with Crippen LogP contribution in [-0.4, -0.2) is 14.6 Å². The molecular formula is C22H14ClN3. The van der Waals surface area contributed by atoms with Crippen LogP contribution < -0.4 is 0 Å². The first-order valence-electron chi connectivity index (χ1n) is 8.38. The quantitative estimate of drug-likeness (QED) is 0.396. The van der Waals surface area contributed by atoms with Gasteiger partial charge in [0.15, 0.2) is 11.5 Å². The molecule has 26 heavy (non-hydrogen) atoms. The summed E-state index contributed by atoms with van der Waals surface area (Å²) in [5.41, 5.74) is 4.17. The summed E-state index contributed by atoms with van der Waals surface area (Å²) in [5.74, 6) is 0.706. The van der Waals surface area contributed by atoms with Gasteiger partial charge in [0.05, 0.1) is 0 Å². The monoisotopic (exact) mass is 355 g/mol. The van der Waals surface area contributed by atoms with Crippen molar-refractivity contribution in [1.29, 1.82) is 0 Å². The highest BCUT2D eigenvalue weighted by Gasteiger charge is 2.10. The molecule has 0 unspecified atom stereocenters. The summed E-state index contributed by atoms with van der Waals surface area (Å²) in [5, 5.41) is 7.42. The fourth-order valence-electron chi connectivity index (χ4n) is 3.19. The van der Waals surface area contributed by atoms with E-state index in [1.807, 2.05) is 48.7 Å². The van der Waals surface area contributed by atoms with Crippen LogP contribution in [0, 0.1) is 0 Å². The first kappa shape index (κ1) is 15.1.